The number of nitrogens with one attached hydrogen (secondary N) is 2. The van der Waals surface area contributed by atoms with Crippen molar-refractivity contribution in [1.82, 2.24) is 10.6 Å². The number of carbonyl (C=O) groups is 4. The molecule has 0 aliphatic carbocycles. The van der Waals surface area contributed by atoms with E-state index in [-0.39, 0.29) is 30.2 Å². The van der Waals surface area contributed by atoms with Crippen LogP contribution in [0.3, 0.4) is 0 Å². The molecular weight excluding hydrogens is 490 g/mol. The molecule has 2 N–H and O–H groups in total. The number of benzene rings is 2. The smallest absolute Gasteiger partial charge is 0.261 e. The van der Waals surface area contributed by atoms with Gasteiger partial charge in [-0.05, 0) is 61.0 Å². The Hall–Kier alpha value is -3.82. The third kappa shape index (κ3) is 6.69. The zero-order chi connectivity index (χ0) is 26.2. The van der Waals surface area contributed by atoms with Crippen molar-refractivity contribution in [1.29, 1.82) is 0 Å². The molecule has 2 atom stereocenters. The standard InChI is InChI=1S/C28H29N3O5S/c1-19(32)20-11-13-22(14-12-20)31(25(33)18-30-27(34)24-10-6-16-37-24)26(21-7-3-2-4-8-21)28(35)29-17-23-9-5-15-36-23/h2-4,6-8,10-14,16,23,26H,5,9,15,17-18H2,1H3,(H,29,35)(H,30,34)/t23-,26+/m0/s1. The van der Waals surface area contributed by atoms with E-state index in [2.05, 4.69) is 10.6 Å². The van der Waals surface area contributed by atoms with Gasteiger partial charge in [-0.3, -0.25) is 24.1 Å². The second-order valence-corrected chi connectivity index (χ2v) is 9.67. The van der Waals surface area contributed by atoms with Crippen molar-refractivity contribution in [3.63, 3.8) is 0 Å². The molecule has 4 rings (SSSR count). The van der Waals surface area contributed by atoms with Crippen LogP contribution >= 0.6 is 11.3 Å². The van der Waals surface area contributed by atoms with Crippen molar-refractivity contribution >= 4 is 40.5 Å². The van der Waals surface area contributed by atoms with Crippen molar-refractivity contribution < 1.29 is 23.9 Å². The van der Waals surface area contributed by atoms with Gasteiger partial charge in [0.1, 0.15) is 6.04 Å². The van der Waals surface area contributed by atoms with Crippen molar-refractivity contribution in [3.8, 4) is 0 Å². The van der Waals surface area contributed by atoms with Crippen LogP contribution in [0.5, 0.6) is 0 Å². The molecule has 37 heavy (non-hydrogen) atoms. The van der Waals surface area contributed by atoms with Gasteiger partial charge in [0, 0.05) is 24.4 Å². The van der Waals surface area contributed by atoms with E-state index in [1.54, 1.807) is 66.0 Å². The Bertz CT molecular complexity index is 1220. The van der Waals surface area contributed by atoms with E-state index in [0.717, 1.165) is 12.8 Å². The molecule has 9 heteroatoms. The maximum atomic E-state index is 13.7. The Morgan fingerprint density at radius 2 is 1.76 bits per heavy atom. The number of rotatable bonds is 10. The molecule has 0 saturated carbocycles. The first kappa shape index (κ1) is 26.2. The molecule has 0 bridgehead atoms. The number of carbonyl (C=O) groups excluding carboxylic acids is 4. The van der Waals surface area contributed by atoms with Gasteiger partial charge in [0.25, 0.3) is 5.91 Å². The van der Waals surface area contributed by atoms with E-state index in [0.29, 0.717) is 34.8 Å². The lowest BCUT2D eigenvalue weighted by atomic mass is 10.0. The Labute approximate surface area is 219 Å². The van der Waals surface area contributed by atoms with E-state index in [9.17, 15) is 19.2 Å². The monoisotopic (exact) mass is 519 g/mol. The van der Waals surface area contributed by atoms with Gasteiger partial charge >= 0.3 is 0 Å². The van der Waals surface area contributed by atoms with Gasteiger partial charge < -0.3 is 15.4 Å². The molecule has 2 heterocycles. The van der Waals surface area contributed by atoms with Crippen molar-refractivity contribution in [2.24, 2.45) is 0 Å². The molecule has 0 unspecified atom stereocenters. The number of nitrogens with zero attached hydrogens (tertiary/aromatic N) is 1. The topological polar surface area (TPSA) is 105 Å². The predicted octanol–water partition coefficient (Wildman–Crippen LogP) is 3.75. The molecule has 192 valence electrons. The fourth-order valence-corrected chi connectivity index (χ4v) is 4.84. The summed E-state index contributed by atoms with van der Waals surface area (Å²) in [5.74, 6) is -1.31. The number of hydrogen-bond acceptors (Lipinski definition) is 6. The molecule has 1 aromatic heterocycles. The van der Waals surface area contributed by atoms with Crippen LogP contribution in [0, 0.1) is 0 Å². The van der Waals surface area contributed by atoms with E-state index in [4.69, 9.17) is 4.74 Å². The second-order valence-electron chi connectivity index (χ2n) is 8.72. The minimum atomic E-state index is -1.00. The van der Waals surface area contributed by atoms with Crippen LogP contribution in [0.1, 0.15) is 51.4 Å². The summed E-state index contributed by atoms with van der Waals surface area (Å²) in [4.78, 5) is 53.5. The van der Waals surface area contributed by atoms with Crippen LogP contribution in [0.4, 0.5) is 5.69 Å². The van der Waals surface area contributed by atoms with Crippen LogP contribution in [0.2, 0.25) is 0 Å². The van der Waals surface area contributed by atoms with E-state index >= 15 is 0 Å². The SMILES string of the molecule is CC(=O)c1ccc(N(C(=O)CNC(=O)c2cccs2)[C@@H](C(=O)NC[C@@H]2CCCO2)c2ccccc2)cc1. The number of hydrogen-bond donors (Lipinski definition) is 2. The summed E-state index contributed by atoms with van der Waals surface area (Å²) in [5, 5.41) is 7.39. The van der Waals surface area contributed by atoms with Gasteiger partial charge in [-0.25, -0.2) is 0 Å². The van der Waals surface area contributed by atoms with Crippen molar-refractivity contribution in [3.05, 3.63) is 88.1 Å². The highest BCUT2D eigenvalue weighted by molar-refractivity contribution is 7.12. The summed E-state index contributed by atoms with van der Waals surface area (Å²) >= 11 is 1.27. The normalized spacial score (nSPS) is 15.5. The number of thiophene rings is 1. The number of anilines is 1. The Balaban J connectivity index is 1.65. The predicted molar refractivity (Wildman–Crippen MR) is 142 cm³/mol. The van der Waals surface area contributed by atoms with Crippen LogP contribution < -0.4 is 15.5 Å². The number of amides is 3. The Kier molecular flexibility index (Phi) is 8.81. The summed E-state index contributed by atoms with van der Waals surface area (Å²) in [7, 11) is 0. The summed E-state index contributed by atoms with van der Waals surface area (Å²) in [6.07, 6.45) is 1.74. The number of Topliss-reactive ketones (excluding diaryl/α,β-unsaturated/α-hetero) is 1. The highest BCUT2D eigenvalue weighted by Crippen LogP contribution is 2.29. The summed E-state index contributed by atoms with van der Waals surface area (Å²) in [6, 6.07) is 17.9. The maximum Gasteiger partial charge on any atom is 0.261 e. The second kappa shape index (κ2) is 12.4. The van der Waals surface area contributed by atoms with Crippen molar-refractivity contribution in [2.75, 3.05) is 24.6 Å². The first-order valence-corrected chi connectivity index (χ1v) is 13.0. The highest BCUT2D eigenvalue weighted by atomic mass is 32.1. The summed E-state index contributed by atoms with van der Waals surface area (Å²) < 4.78 is 5.64. The van der Waals surface area contributed by atoms with Gasteiger partial charge in [0.05, 0.1) is 17.5 Å². The molecule has 8 nitrogen and oxygen atoms in total. The molecule has 0 radical (unpaired) electrons. The van der Waals surface area contributed by atoms with Gasteiger partial charge in [-0.1, -0.05) is 36.4 Å². The molecule has 2 aromatic carbocycles. The van der Waals surface area contributed by atoms with Crippen LogP contribution in [-0.4, -0.2) is 49.3 Å². The van der Waals surface area contributed by atoms with Crippen LogP contribution in [0.25, 0.3) is 0 Å². The van der Waals surface area contributed by atoms with Crippen LogP contribution in [-0.2, 0) is 14.3 Å². The first-order valence-electron chi connectivity index (χ1n) is 12.1. The maximum absolute atomic E-state index is 13.7. The van der Waals surface area contributed by atoms with Gasteiger partial charge in [-0.15, -0.1) is 11.3 Å². The van der Waals surface area contributed by atoms with Gasteiger partial charge in [0.2, 0.25) is 11.8 Å². The molecule has 3 aromatic rings. The molecule has 1 fully saturated rings. The third-order valence-electron chi connectivity index (χ3n) is 6.12. The minimum absolute atomic E-state index is 0.0653. The van der Waals surface area contributed by atoms with Crippen LogP contribution in [0.15, 0.2) is 72.1 Å². The molecule has 1 saturated heterocycles. The molecule has 1 aliphatic rings. The Morgan fingerprint density at radius 3 is 2.38 bits per heavy atom. The lowest BCUT2D eigenvalue weighted by molar-refractivity contribution is -0.126. The van der Waals surface area contributed by atoms with E-state index in [1.807, 2.05) is 6.07 Å². The lowest BCUT2D eigenvalue weighted by Gasteiger charge is -2.32. The molecular formula is C28H29N3O5S. The Morgan fingerprint density at radius 1 is 1.00 bits per heavy atom. The summed E-state index contributed by atoms with van der Waals surface area (Å²) in [6.45, 7) is 2.15. The third-order valence-corrected chi connectivity index (χ3v) is 6.98. The first-order chi connectivity index (χ1) is 17.9. The average Bonchev–Trinajstić information content (AvgIpc) is 3.64. The quantitative estimate of drug-likeness (QED) is 0.397. The lowest BCUT2D eigenvalue weighted by Crippen LogP contribution is -2.48. The van der Waals surface area contributed by atoms with E-state index in [1.165, 1.54) is 23.2 Å². The fraction of sp³-hybridized carbons (Fsp3) is 0.286. The van der Waals surface area contributed by atoms with E-state index < -0.39 is 11.9 Å². The number of ketones is 1. The zero-order valence-electron chi connectivity index (χ0n) is 20.5. The summed E-state index contributed by atoms with van der Waals surface area (Å²) in [5.41, 5.74) is 1.53. The van der Waals surface area contributed by atoms with Gasteiger partial charge in [-0.2, -0.15) is 0 Å². The highest BCUT2D eigenvalue weighted by Gasteiger charge is 2.33. The molecule has 3 amide bonds. The fourth-order valence-electron chi connectivity index (χ4n) is 4.20. The minimum Gasteiger partial charge on any atom is -0.376 e. The average molecular weight is 520 g/mol. The molecule has 1 aliphatic heterocycles. The van der Waals surface area contributed by atoms with Crippen molar-refractivity contribution in [2.45, 2.75) is 31.9 Å². The van der Waals surface area contributed by atoms with Gasteiger partial charge in [0.15, 0.2) is 5.78 Å². The number of ether oxygens (including phenoxy) is 1. The molecule has 0 spiro atoms. The zero-order valence-corrected chi connectivity index (χ0v) is 21.3. The largest absolute Gasteiger partial charge is 0.376 e.